The van der Waals surface area contributed by atoms with Crippen molar-refractivity contribution in [1.82, 2.24) is 0 Å². The summed E-state index contributed by atoms with van der Waals surface area (Å²) in [5.74, 6) is 3.16. The number of hydrogen-bond acceptors (Lipinski definition) is 1. The fourth-order valence-electron chi connectivity index (χ4n) is 5.47. The Labute approximate surface area is 106 Å². The first kappa shape index (κ1) is 10.2. The van der Waals surface area contributed by atoms with Crippen molar-refractivity contribution >= 4 is 29.0 Å². The molecule has 0 N–H and O–H groups in total. The SMILES string of the molecule is O=C1CC2(C3CC4CC(C3)CC2C4)C1(Cl)Cl. The van der Waals surface area contributed by atoms with E-state index in [0.29, 0.717) is 18.3 Å². The van der Waals surface area contributed by atoms with E-state index < -0.39 is 4.33 Å². The summed E-state index contributed by atoms with van der Waals surface area (Å²) in [6, 6.07) is 0. The molecule has 0 aliphatic heterocycles. The Hall–Kier alpha value is 0.250. The lowest BCUT2D eigenvalue weighted by Gasteiger charge is -2.68. The van der Waals surface area contributed by atoms with Gasteiger partial charge in [-0.15, -0.1) is 0 Å². The highest BCUT2D eigenvalue weighted by Gasteiger charge is 2.73. The van der Waals surface area contributed by atoms with Crippen molar-refractivity contribution in [1.29, 1.82) is 0 Å². The van der Waals surface area contributed by atoms with Crippen LogP contribution in [-0.2, 0) is 4.79 Å². The van der Waals surface area contributed by atoms with Gasteiger partial charge in [-0.05, 0) is 55.8 Å². The Kier molecular flexibility index (Phi) is 1.79. The average Bonchev–Trinajstić information content (AvgIpc) is 2.22. The normalized spacial score (nSPS) is 56.8. The predicted molar refractivity (Wildman–Crippen MR) is 63.5 cm³/mol. The Bertz CT molecular complexity index is 346. The maximum Gasteiger partial charge on any atom is 0.182 e. The van der Waals surface area contributed by atoms with Crippen LogP contribution < -0.4 is 0 Å². The smallest absolute Gasteiger partial charge is 0.182 e. The first-order chi connectivity index (χ1) is 7.54. The largest absolute Gasteiger partial charge is 0.296 e. The first-order valence-electron chi connectivity index (χ1n) is 6.45. The molecule has 5 fully saturated rings. The second-order valence-corrected chi connectivity index (χ2v) is 7.85. The molecular weight excluding hydrogens is 243 g/mol. The molecule has 1 spiro atoms. The molecule has 0 aromatic heterocycles. The van der Waals surface area contributed by atoms with Crippen LogP contribution in [0.15, 0.2) is 0 Å². The van der Waals surface area contributed by atoms with Crippen LogP contribution in [0.1, 0.15) is 38.5 Å². The molecule has 5 aliphatic carbocycles. The summed E-state index contributed by atoms with van der Waals surface area (Å²) in [5.41, 5.74) is -0.0272. The zero-order valence-electron chi connectivity index (χ0n) is 9.22. The van der Waals surface area contributed by atoms with Gasteiger partial charge in [-0.25, -0.2) is 0 Å². The Morgan fingerprint density at radius 2 is 1.44 bits per heavy atom. The monoisotopic (exact) mass is 258 g/mol. The van der Waals surface area contributed by atoms with Gasteiger partial charge in [0.1, 0.15) is 0 Å². The summed E-state index contributed by atoms with van der Waals surface area (Å²) in [4.78, 5) is 11.7. The van der Waals surface area contributed by atoms with Gasteiger partial charge in [0.15, 0.2) is 10.1 Å². The van der Waals surface area contributed by atoms with E-state index in [-0.39, 0.29) is 11.2 Å². The van der Waals surface area contributed by atoms with Crippen LogP contribution in [0.5, 0.6) is 0 Å². The van der Waals surface area contributed by atoms with Gasteiger partial charge < -0.3 is 0 Å². The number of ketones is 1. The van der Waals surface area contributed by atoms with Gasteiger partial charge in [0.05, 0.1) is 0 Å². The quantitative estimate of drug-likeness (QED) is 0.608. The zero-order valence-corrected chi connectivity index (χ0v) is 10.7. The van der Waals surface area contributed by atoms with E-state index in [2.05, 4.69) is 0 Å². The number of carbonyl (C=O) groups excluding carboxylic acids is 1. The van der Waals surface area contributed by atoms with Crippen molar-refractivity contribution < 1.29 is 4.79 Å². The van der Waals surface area contributed by atoms with Crippen molar-refractivity contribution in [3.8, 4) is 0 Å². The van der Waals surface area contributed by atoms with Crippen LogP contribution in [0.25, 0.3) is 0 Å². The van der Waals surface area contributed by atoms with Crippen LogP contribution in [-0.4, -0.2) is 10.1 Å². The first-order valence-corrected chi connectivity index (χ1v) is 7.20. The number of hydrogen-bond donors (Lipinski definition) is 0. The molecular formula is C13H16Cl2O. The molecule has 16 heavy (non-hydrogen) atoms. The van der Waals surface area contributed by atoms with Gasteiger partial charge in [-0.1, -0.05) is 23.2 Å². The van der Waals surface area contributed by atoms with Gasteiger partial charge in [0.2, 0.25) is 0 Å². The van der Waals surface area contributed by atoms with Crippen molar-refractivity contribution in [2.75, 3.05) is 0 Å². The number of Topliss-reactive ketones (excluding diaryl/α,β-unsaturated/α-hetero) is 1. The van der Waals surface area contributed by atoms with Gasteiger partial charge >= 0.3 is 0 Å². The van der Waals surface area contributed by atoms with Gasteiger partial charge in [-0.2, -0.15) is 0 Å². The standard InChI is InChI=1S/C13H16Cl2O/c14-13(15)11(16)6-12(13)9-2-7-1-8(4-9)5-10(12)3-7/h7-10H,1-6H2. The van der Waals surface area contributed by atoms with E-state index in [1.807, 2.05) is 0 Å². The van der Waals surface area contributed by atoms with Gasteiger partial charge in [0.25, 0.3) is 0 Å². The van der Waals surface area contributed by atoms with E-state index >= 15 is 0 Å². The van der Waals surface area contributed by atoms with E-state index in [1.165, 1.54) is 32.1 Å². The highest BCUT2D eigenvalue weighted by molar-refractivity contribution is 6.61. The molecule has 5 aliphatic rings. The molecule has 4 bridgehead atoms. The molecule has 5 saturated carbocycles. The minimum atomic E-state index is -1.05. The summed E-state index contributed by atoms with van der Waals surface area (Å²) < 4.78 is -1.05. The summed E-state index contributed by atoms with van der Waals surface area (Å²) in [5, 5.41) is 0. The van der Waals surface area contributed by atoms with E-state index in [9.17, 15) is 4.79 Å². The highest BCUT2D eigenvalue weighted by atomic mass is 35.5. The van der Waals surface area contributed by atoms with Crippen LogP contribution >= 0.6 is 23.2 Å². The van der Waals surface area contributed by atoms with Crippen LogP contribution in [0.2, 0.25) is 0 Å². The minimum absolute atomic E-state index is 0.0272. The Balaban J connectivity index is 1.78. The highest BCUT2D eigenvalue weighted by Crippen LogP contribution is 2.73. The molecule has 0 aromatic carbocycles. The molecule has 0 unspecified atom stereocenters. The average molecular weight is 259 g/mol. The fourth-order valence-corrected chi connectivity index (χ4v) is 6.35. The minimum Gasteiger partial charge on any atom is -0.296 e. The summed E-state index contributed by atoms with van der Waals surface area (Å²) in [7, 11) is 0. The van der Waals surface area contributed by atoms with E-state index in [0.717, 1.165) is 11.8 Å². The zero-order chi connectivity index (χ0) is 11.1. The number of carbonyl (C=O) groups is 1. The topological polar surface area (TPSA) is 17.1 Å². The van der Waals surface area contributed by atoms with Crippen LogP contribution in [0, 0.1) is 29.1 Å². The number of alkyl halides is 2. The fraction of sp³-hybridized carbons (Fsp3) is 0.923. The van der Waals surface area contributed by atoms with Crippen molar-refractivity contribution in [2.45, 2.75) is 42.9 Å². The maximum atomic E-state index is 11.7. The summed E-state index contributed by atoms with van der Waals surface area (Å²) >= 11 is 12.7. The second kappa shape index (κ2) is 2.80. The lowest BCUT2D eigenvalue weighted by molar-refractivity contribution is -0.173. The molecule has 0 radical (unpaired) electrons. The predicted octanol–water partition coefficient (Wildman–Crippen LogP) is 3.58. The third-order valence-electron chi connectivity index (χ3n) is 5.98. The summed E-state index contributed by atoms with van der Waals surface area (Å²) in [6.45, 7) is 0. The molecule has 0 amide bonds. The van der Waals surface area contributed by atoms with Crippen molar-refractivity contribution in [2.24, 2.45) is 29.1 Å². The van der Waals surface area contributed by atoms with E-state index in [1.54, 1.807) is 0 Å². The molecule has 0 atom stereocenters. The lowest BCUT2D eigenvalue weighted by Crippen LogP contribution is -2.69. The Morgan fingerprint density at radius 1 is 0.938 bits per heavy atom. The molecule has 5 rings (SSSR count). The second-order valence-electron chi connectivity index (χ2n) is 6.52. The van der Waals surface area contributed by atoms with Crippen molar-refractivity contribution in [3.05, 3.63) is 0 Å². The lowest BCUT2D eigenvalue weighted by atomic mass is 9.39. The molecule has 88 valence electrons. The third kappa shape index (κ3) is 0.916. The van der Waals surface area contributed by atoms with Crippen molar-refractivity contribution in [3.63, 3.8) is 0 Å². The molecule has 1 nitrogen and oxygen atoms in total. The molecule has 0 aromatic rings. The molecule has 3 heteroatoms. The number of rotatable bonds is 0. The molecule has 0 heterocycles. The van der Waals surface area contributed by atoms with Gasteiger partial charge in [-0.3, -0.25) is 4.79 Å². The third-order valence-corrected chi connectivity index (χ3v) is 7.11. The van der Waals surface area contributed by atoms with Crippen LogP contribution in [0.4, 0.5) is 0 Å². The number of halogens is 2. The maximum absolute atomic E-state index is 11.7. The van der Waals surface area contributed by atoms with Gasteiger partial charge in [0, 0.05) is 11.8 Å². The molecule has 0 saturated heterocycles. The summed E-state index contributed by atoms with van der Waals surface area (Å²) in [6.07, 6.45) is 7.20. The van der Waals surface area contributed by atoms with E-state index in [4.69, 9.17) is 23.2 Å². The van der Waals surface area contributed by atoms with Crippen LogP contribution in [0.3, 0.4) is 0 Å². The Morgan fingerprint density at radius 3 is 1.81 bits per heavy atom.